The summed E-state index contributed by atoms with van der Waals surface area (Å²) in [4.78, 5) is 32.2. The number of nitrogens with zero attached hydrogens (tertiary/aromatic N) is 3. The molecule has 1 saturated heterocycles. The average Bonchev–Trinajstić information content (AvgIpc) is 3.36. The van der Waals surface area contributed by atoms with E-state index in [1.807, 2.05) is 23.1 Å². The maximum Gasteiger partial charge on any atom is 0.343 e. The van der Waals surface area contributed by atoms with Crippen molar-refractivity contribution in [3.8, 4) is 0 Å². The van der Waals surface area contributed by atoms with Crippen molar-refractivity contribution in [1.82, 2.24) is 4.98 Å². The van der Waals surface area contributed by atoms with Crippen LogP contribution in [0.15, 0.2) is 47.6 Å². The number of aromatic nitrogens is 1. The van der Waals surface area contributed by atoms with E-state index in [2.05, 4.69) is 22.0 Å². The molecule has 7 nitrogen and oxygen atoms in total. The van der Waals surface area contributed by atoms with Gasteiger partial charge in [-0.1, -0.05) is 41.3 Å². The van der Waals surface area contributed by atoms with Crippen molar-refractivity contribution in [1.29, 1.82) is 0 Å². The van der Waals surface area contributed by atoms with Gasteiger partial charge < -0.3 is 20.6 Å². The molecule has 3 heterocycles. The summed E-state index contributed by atoms with van der Waals surface area (Å²) in [5.41, 5.74) is 6.56. The highest BCUT2D eigenvalue weighted by molar-refractivity contribution is 8.05. The van der Waals surface area contributed by atoms with Crippen LogP contribution in [0.25, 0.3) is 0 Å². The van der Waals surface area contributed by atoms with Gasteiger partial charge in [0.1, 0.15) is 9.78 Å². The first-order valence-corrected chi connectivity index (χ1v) is 10.7. The Labute approximate surface area is 170 Å². The molecule has 1 atom stereocenters. The molecule has 0 aliphatic carbocycles. The van der Waals surface area contributed by atoms with Crippen LogP contribution in [0.4, 0.5) is 10.8 Å². The molecule has 2 aliphatic heterocycles. The smallest absolute Gasteiger partial charge is 0.343 e. The van der Waals surface area contributed by atoms with Gasteiger partial charge in [-0.3, -0.25) is 4.79 Å². The highest BCUT2D eigenvalue weighted by Crippen LogP contribution is 2.44. The zero-order valence-corrected chi connectivity index (χ0v) is 16.7. The lowest BCUT2D eigenvalue weighted by molar-refractivity contribution is -0.131. The molecule has 28 heavy (non-hydrogen) atoms. The highest BCUT2D eigenvalue weighted by atomic mass is 32.2. The lowest BCUT2D eigenvalue weighted by Gasteiger charge is -2.38. The molecule has 1 aromatic heterocycles. The molecule has 1 aromatic carbocycles. The van der Waals surface area contributed by atoms with Gasteiger partial charge in [0.15, 0.2) is 5.13 Å². The van der Waals surface area contributed by atoms with Crippen molar-refractivity contribution >= 4 is 45.8 Å². The molecule has 3 N–H and O–H groups in total. The largest absolute Gasteiger partial charge is 0.477 e. The Hall–Kier alpha value is -2.52. The van der Waals surface area contributed by atoms with E-state index in [-0.39, 0.29) is 5.37 Å². The van der Waals surface area contributed by atoms with E-state index >= 15 is 0 Å². The number of benzene rings is 1. The molecule has 146 valence electrons. The summed E-state index contributed by atoms with van der Waals surface area (Å²) in [6.07, 6.45) is 5.00. The number of primary amides is 1. The van der Waals surface area contributed by atoms with Crippen LogP contribution in [0, 0.1) is 5.92 Å². The first-order chi connectivity index (χ1) is 13.5. The maximum atomic E-state index is 11.5. The highest BCUT2D eigenvalue weighted by Gasteiger charge is 2.38. The van der Waals surface area contributed by atoms with E-state index in [1.54, 1.807) is 6.20 Å². The minimum Gasteiger partial charge on any atom is -0.477 e. The van der Waals surface area contributed by atoms with Gasteiger partial charge in [-0.2, -0.15) is 0 Å². The van der Waals surface area contributed by atoms with E-state index in [4.69, 9.17) is 5.73 Å². The third-order valence-electron chi connectivity index (χ3n) is 5.01. The van der Waals surface area contributed by atoms with Crippen molar-refractivity contribution < 1.29 is 14.7 Å². The summed E-state index contributed by atoms with van der Waals surface area (Å²) < 4.78 is 0. The predicted octanol–water partition coefficient (Wildman–Crippen LogP) is 2.96. The number of carbonyl (C=O) groups is 2. The van der Waals surface area contributed by atoms with E-state index in [9.17, 15) is 14.7 Å². The fraction of sp³-hybridized carbons (Fsp3) is 0.316. The standard InChI is InChI=1S/C19H20N4O3S2/c20-16(24)14-10-21-19(28-14)23-11-15(18(25)26)27-17(23)12-6-8-22(9-7-12)13-4-2-1-3-5-13/h1-5,10-12,17H,6-9H2,(H2,20,24)(H,25,26). The van der Waals surface area contributed by atoms with Crippen molar-refractivity contribution in [3.63, 3.8) is 0 Å². The molecule has 2 aromatic rings. The van der Waals surface area contributed by atoms with E-state index in [0.717, 1.165) is 25.9 Å². The fourth-order valence-electron chi connectivity index (χ4n) is 3.59. The molecular weight excluding hydrogens is 396 g/mol. The second-order valence-corrected chi connectivity index (χ2v) is 8.91. The summed E-state index contributed by atoms with van der Waals surface area (Å²) in [6, 6.07) is 10.3. The van der Waals surface area contributed by atoms with Gasteiger partial charge in [-0.05, 0) is 30.9 Å². The Morgan fingerprint density at radius 3 is 2.50 bits per heavy atom. The van der Waals surface area contributed by atoms with Gasteiger partial charge in [-0.15, -0.1) is 0 Å². The number of hydrogen-bond acceptors (Lipinski definition) is 7. The third-order valence-corrected chi connectivity index (χ3v) is 7.42. The number of para-hydroxylation sites is 1. The van der Waals surface area contributed by atoms with Gasteiger partial charge in [0.05, 0.1) is 11.6 Å². The molecule has 1 amide bonds. The molecular formula is C19H20N4O3S2. The zero-order valence-electron chi connectivity index (χ0n) is 15.0. The van der Waals surface area contributed by atoms with Gasteiger partial charge in [-0.25, -0.2) is 9.78 Å². The van der Waals surface area contributed by atoms with Crippen molar-refractivity contribution in [2.75, 3.05) is 22.9 Å². The number of amides is 1. The number of piperidine rings is 1. The number of thiazole rings is 1. The van der Waals surface area contributed by atoms with E-state index in [1.165, 1.54) is 35.0 Å². The molecule has 0 saturated carbocycles. The minimum absolute atomic E-state index is 0.0455. The number of carboxylic acids is 1. The molecule has 4 rings (SSSR count). The lowest BCUT2D eigenvalue weighted by Crippen LogP contribution is -2.41. The van der Waals surface area contributed by atoms with Gasteiger partial charge in [0.25, 0.3) is 5.91 Å². The first kappa shape index (κ1) is 18.8. The zero-order chi connectivity index (χ0) is 19.7. The monoisotopic (exact) mass is 416 g/mol. The summed E-state index contributed by atoms with van der Waals surface area (Å²) in [7, 11) is 0. The molecule has 1 fully saturated rings. The van der Waals surface area contributed by atoms with Crippen molar-refractivity contribution in [2.45, 2.75) is 18.2 Å². The Balaban J connectivity index is 1.51. The Kier molecular flexibility index (Phi) is 5.27. The van der Waals surface area contributed by atoms with E-state index in [0.29, 0.717) is 20.8 Å². The summed E-state index contributed by atoms with van der Waals surface area (Å²) in [5.74, 6) is -1.14. The Morgan fingerprint density at radius 1 is 1.18 bits per heavy atom. The predicted molar refractivity (Wildman–Crippen MR) is 112 cm³/mol. The lowest BCUT2D eigenvalue weighted by atomic mass is 9.95. The summed E-state index contributed by atoms with van der Waals surface area (Å²) in [5, 5.41) is 10.0. The van der Waals surface area contributed by atoms with Crippen LogP contribution >= 0.6 is 23.1 Å². The van der Waals surface area contributed by atoms with Gasteiger partial charge in [0, 0.05) is 25.0 Å². The quantitative estimate of drug-likeness (QED) is 0.773. The second-order valence-electron chi connectivity index (χ2n) is 6.75. The molecule has 0 spiro atoms. The van der Waals surface area contributed by atoms with Crippen LogP contribution in [0.3, 0.4) is 0 Å². The maximum absolute atomic E-state index is 11.5. The topological polar surface area (TPSA) is 99.8 Å². The molecule has 0 bridgehead atoms. The van der Waals surface area contributed by atoms with E-state index < -0.39 is 11.9 Å². The minimum atomic E-state index is -0.939. The molecule has 1 unspecified atom stereocenters. The number of hydrogen-bond donors (Lipinski definition) is 2. The van der Waals surface area contributed by atoms with Crippen LogP contribution in [0.5, 0.6) is 0 Å². The van der Waals surface area contributed by atoms with Crippen molar-refractivity contribution in [2.24, 2.45) is 11.7 Å². The number of anilines is 2. The number of rotatable bonds is 5. The summed E-state index contributed by atoms with van der Waals surface area (Å²) in [6.45, 7) is 1.85. The fourth-order valence-corrected chi connectivity index (χ4v) is 5.71. The Morgan fingerprint density at radius 2 is 1.89 bits per heavy atom. The average molecular weight is 417 g/mol. The number of aliphatic carboxylic acids is 1. The summed E-state index contributed by atoms with van der Waals surface area (Å²) >= 11 is 2.56. The van der Waals surface area contributed by atoms with Gasteiger partial charge >= 0.3 is 5.97 Å². The number of carbonyl (C=O) groups excluding carboxylic acids is 1. The van der Waals surface area contributed by atoms with Crippen LogP contribution in [0.1, 0.15) is 22.5 Å². The SMILES string of the molecule is NC(=O)c1cnc(N2C=C(C(=O)O)SC2C2CCN(c3ccccc3)CC2)s1. The van der Waals surface area contributed by atoms with Crippen LogP contribution in [-0.4, -0.2) is 40.4 Å². The second kappa shape index (κ2) is 7.84. The van der Waals surface area contributed by atoms with Crippen molar-refractivity contribution in [3.05, 3.63) is 52.5 Å². The number of thioether (sulfide) groups is 1. The van der Waals surface area contributed by atoms with Crippen LogP contribution in [0.2, 0.25) is 0 Å². The molecule has 2 aliphatic rings. The normalized spacial score (nSPS) is 20.3. The molecule has 0 radical (unpaired) electrons. The van der Waals surface area contributed by atoms with Crippen LogP contribution in [-0.2, 0) is 4.79 Å². The van der Waals surface area contributed by atoms with Crippen LogP contribution < -0.4 is 15.5 Å². The Bertz CT molecular complexity index is 907. The first-order valence-electron chi connectivity index (χ1n) is 8.98. The number of nitrogens with two attached hydrogens (primary N) is 1. The number of carboxylic acid groups (broad SMARTS) is 1. The third kappa shape index (κ3) is 3.72. The van der Waals surface area contributed by atoms with Gasteiger partial charge in [0.2, 0.25) is 0 Å². The molecule has 9 heteroatoms.